The zero-order valence-electron chi connectivity index (χ0n) is 16.1. The van der Waals surface area contributed by atoms with Gasteiger partial charge in [-0.15, -0.1) is 0 Å². The maximum atomic E-state index is 13.0. The lowest BCUT2D eigenvalue weighted by Crippen LogP contribution is -2.42. The van der Waals surface area contributed by atoms with Crippen LogP contribution in [0, 0.1) is 5.92 Å². The molecule has 0 bridgehead atoms. The summed E-state index contributed by atoms with van der Waals surface area (Å²) in [6.45, 7) is 6.72. The second-order valence-corrected chi connectivity index (χ2v) is 6.85. The predicted molar refractivity (Wildman–Crippen MR) is 106 cm³/mol. The number of carbonyl (C=O) groups excluding carboxylic acids is 1. The van der Waals surface area contributed by atoms with Crippen LogP contribution in [0.2, 0.25) is 0 Å². The quantitative estimate of drug-likeness (QED) is 0.734. The van der Waals surface area contributed by atoms with Gasteiger partial charge in [-0.2, -0.15) is 0 Å². The number of nitrogens with one attached hydrogen (secondary N) is 1. The molecule has 0 aromatic carbocycles. The number of rotatable bonds is 8. The van der Waals surface area contributed by atoms with Crippen molar-refractivity contribution in [3.63, 3.8) is 0 Å². The fraction of sp³-hybridized carbons (Fsp3) is 0.474. The van der Waals surface area contributed by atoms with Gasteiger partial charge in [-0.25, -0.2) is 4.79 Å². The smallest absolute Gasteiger partial charge is 0.330 e. The number of hydrogen-bond donors (Lipinski definition) is 2. The van der Waals surface area contributed by atoms with E-state index in [9.17, 15) is 14.4 Å². The van der Waals surface area contributed by atoms with E-state index in [1.807, 2.05) is 20.8 Å². The highest BCUT2D eigenvalue weighted by Gasteiger charge is 2.25. The summed E-state index contributed by atoms with van der Waals surface area (Å²) in [5.74, 6) is -0.102. The molecule has 2 aromatic heterocycles. The molecule has 0 spiro atoms. The van der Waals surface area contributed by atoms with Crippen molar-refractivity contribution in [2.75, 3.05) is 17.2 Å². The van der Waals surface area contributed by atoms with Gasteiger partial charge in [-0.05, 0) is 30.9 Å². The molecule has 0 unspecified atom stereocenters. The van der Waals surface area contributed by atoms with Crippen LogP contribution in [-0.4, -0.2) is 27.0 Å². The fourth-order valence-corrected chi connectivity index (χ4v) is 2.71. The molecule has 0 aliphatic heterocycles. The Morgan fingerprint density at radius 3 is 2.67 bits per heavy atom. The topological polar surface area (TPSA) is 114 Å². The molecule has 0 aliphatic carbocycles. The summed E-state index contributed by atoms with van der Waals surface area (Å²) in [6, 6.07) is 5.00. The number of unbranched alkanes of at least 4 members (excludes halogenated alkanes) is 1. The van der Waals surface area contributed by atoms with Gasteiger partial charge in [0.1, 0.15) is 11.5 Å². The number of nitrogens with two attached hydrogens (primary N) is 1. The van der Waals surface area contributed by atoms with Crippen LogP contribution >= 0.6 is 0 Å². The number of nitrogens with zero attached hydrogens (tertiary/aromatic N) is 3. The molecular formula is C19H27N5O3. The Bertz CT molecular complexity index is 886. The van der Waals surface area contributed by atoms with Gasteiger partial charge in [-0.1, -0.05) is 33.3 Å². The molecule has 27 heavy (non-hydrogen) atoms. The predicted octanol–water partition coefficient (Wildman–Crippen LogP) is 2.01. The molecular weight excluding hydrogens is 346 g/mol. The van der Waals surface area contributed by atoms with Crippen LogP contribution in [0.3, 0.4) is 0 Å². The minimum atomic E-state index is -0.668. The van der Waals surface area contributed by atoms with E-state index < -0.39 is 17.2 Å². The van der Waals surface area contributed by atoms with Crippen LogP contribution in [0.25, 0.3) is 0 Å². The highest BCUT2D eigenvalue weighted by Crippen LogP contribution is 2.20. The number of H-pyrrole nitrogens is 1. The first kappa shape index (κ1) is 20.4. The number of hydrogen-bond acceptors (Lipinski definition) is 5. The number of aromatic nitrogens is 3. The summed E-state index contributed by atoms with van der Waals surface area (Å²) >= 11 is 0. The van der Waals surface area contributed by atoms with Crippen molar-refractivity contribution in [2.24, 2.45) is 5.92 Å². The minimum Gasteiger partial charge on any atom is -0.383 e. The summed E-state index contributed by atoms with van der Waals surface area (Å²) < 4.78 is 1.31. The largest absolute Gasteiger partial charge is 0.383 e. The van der Waals surface area contributed by atoms with Crippen molar-refractivity contribution < 1.29 is 4.79 Å². The van der Waals surface area contributed by atoms with Crippen LogP contribution in [-0.2, 0) is 6.54 Å². The molecule has 0 aliphatic rings. The average Bonchev–Trinajstić information content (AvgIpc) is 2.64. The monoisotopic (exact) mass is 373 g/mol. The first-order valence-corrected chi connectivity index (χ1v) is 9.22. The number of pyridine rings is 1. The second kappa shape index (κ2) is 9.16. The van der Waals surface area contributed by atoms with Gasteiger partial charge in [0.2, 0.25) is 0 Å². The summed E-state index contributed by atoms with van der Waals surface area (Å²) in [5, 5.41) is 0. The van der Waals surface area contributed by atoms with Crippen LogP contribution < -0.4 is 21.9 Å². The molecule has 2 rings (SSSR count). The standard InChI is InChI=1S/C19H27N5O3/c1-4-5-11-24-16(20)15(17(25)22-19(24)27)23(12-9-13(2)3)18(26)14-8-6-7-10-21-14/h6-8,10,13H,4-5,9,11-12,20H2,1-3H3,(H,22,25,27). The van der Waals surface area contributed by atoms with Crippen LogP contribution in [0.4, 0.5) is 11.5 Å². The minimum absolute atomic E-state index is 0.00186. The highest BCUT2D eigenvalue weighted by atomic mass is 16.2. The maximum absolute atomic E-state index is 13.0. The van der Waals surface area contributed by atoms with Crippen molar-refractivity contribution in [3.8, 4) is 0 Å². The third kappa shape index (κ3) is 4.84. The summed E-state index contributed by atoms with van der Waals surface area (Å²) in [4.78, 5) is 45.5. The van der Waals surface area contributed by atoms with Crippen molar-refractivity contribution in [3.05, 3.63) is 50.9 Å². The van der Waals surface area contributed by atoms with Gasteiger partial charge in [0.15, 0.2) is 5.69 Å². The summed E-state index contributed by atoms with van der Waals surface area (Å²) in [5.41, 5.74) is 5.16. The van der Waals surface area contributed by atoms with E-state index in [0.717, 1.165) is 12.8 Å². The molecule has 2 heterocycles. The van der Waals surface area contributed by atoms with Crippen LogP contribution in [0.1, 0.15) is 50.5 Å². The lowest BCUT2D eigenvalue weighted by atomic mass is 10.1. The van der Waals surface area contributed by atoms with Crippen molar-refractivity contribution in [1.29, 1.82) is 0 Å². The first-order chi connectivity index (χ1) is 12.9. The van der Waals surface area contributed by atoms with E-state index in [4.69, 9.17) is 5.73 Å². The normalized spacial score (nSPS) is 11.0. The Labute approximate surface area is 158 Å². The molecule has 1 amide bonds. The van der Waals surface area contributed by atoms with E-state index in [0.29, 0.717) is 25.4 Å². The van der Waals surface area contributed by atoms with Gasteiger partial charge in [0.05, 0.1) is 0 Å². The zero-order valence-corrected chi connectivity index (χ0v) is 16.1. The van der Waals surface area contributed by atoms with Gasteiger partial charge in [-0.3, -0.25) is 29.0 Å². The number of carbonyl (C=O) groups is 1. The molecule has 0 fully saturated rings. The number of amides is 1. The Kier molecular flexibility index (Phi) is 6.92. The second-order valence-electron chi connectivity index (χ2n) is 6.85. The van der Waals surface area contributed by atoms with Gasteiger partial charge in [0.25, 0.3) is 11.5 Å². The van der Waals surface area contributed by atoms with Crippen LogP contribution in [0.15, 0.2) is 34.0 Å². The molecule has 8 heteroatoms. The van der Waals surface area contributed by atoms with Gasteiger partial charge < -0.3 is 5.73 Å². The van der Waals surface area contributed by atoms with Crippen molar-refractivity contribution in [1.82, 2.24) is 14.5 Å². The van der Waals surface area contributed by atoms with E-state index in [2.05, 4.69) is 9.97 Å². The lowest BCUT2D eigenvalue weighted by molar-refractivity contribution is 0.0980. The molecule has 0 saturated heterocycles. The molecule has 0 saturated carbocycles. The average molecular weight is 373 g/mol. The lowest BCUT2D eigenvalue weighted by Gasteiger charge is -2.25. The highest BCUT2D eigenvalue weighted by molar-refractivity contribution is 6.05. The molecule has 0 atom stereocenters. The Morgan fingerprint density at radius 2 is 2.07 bits per heavy atom. The number of aromatic amines is 1. The fourth-order valence-electron chi connectivity index (χ4n) is 2.71. The first-order valence-electron chi connectivity index (χ1n) is 9.22. The van der Waals surface area contributed by atoms with E-state index in [1.54, 1.807) is 18.2 Å². The molecule has 2 aromatic rings. The zero-order chi connectivity index (χ0) is 20.0. The number of nitrogen functional groups attached to an aromatic ring is 1. The Morgan fingerprint density at radius 1 is 1.33 bits per heavy atom. The SMILES string of the molecule is CCCCn1c(N)c(N(CCC(C)C)C(=O)c2ccccn2)c(=O)[nH]c1=O. The summed E-state index contributed by atoms with van der Waals surface area (Å²) in [6.07, 6.45) is 3.79. The van der Waals surface area contributed by atoms with Crippen molar-refractivity contribution >= 4 is 17.4 Å². The molecule has 8 nitrogen and oxygen atoms in total. The Hall–Kier alpha value is -2.90. The van der Waals surface area contributed by atoms with Gasteiger partial charge in [0, 0.05) is 19.3 Å². The van der Waals surface area contributed by atoms with E-state index in [1.165, 1.54) is 15.7 Å². The van der Waals surface area contributed by atoms with Gasteiger partial charge >= 0.3 is 5.69 Å². The van der Waals surface area contributed by atoms with Crippen molar-refractivity contribution in [2.45, 2.75) is 46.6 Å². The third-order valence-corrected chi connectivity index (χ3v) is 4.28. The van der Waals surface area contributed by atoms with Crippen LogP contribution in [0.5, 0.6) is 0 Å². The third-order valence-electron chi connectivity index (χ3n) is 4.28. The summed E-state index contributed by atoms with van der Waals surface area (Å²) in [7, 11) is 0. The Balaban J connectivity index is 2.56. The number of anilines is 2. The van der Waals surface area contributed by atoms with E-state index in [-0.39, 0.29) is 17.2 Å². The molecule has 146 valence electrons. The molecule has 0 radical (unpaired) electrons. The molecule has 3 N–H and O–H groups in total. The maximum Gasteiger partial charge on any atom is 0.330 e. The van der Waals surface area contributed by atoms with E-state index >= 15 is 0 Å².